The van der Waals surface area contributed by atoms with E-state index in [2.05, 4.69) is 24.0 Å². The number of benzene rings is 1. The number of hydrogen-bond acceptors (Lipinski definition) is 2. The monoisotopic (exact) mass is 214 g/mol. The lowest BCUT2D eigenvalue weighted by Crippen LogP contribution is -2.20. The van der Waals surface area contributed by atoms with E-state index in [1.165, 1.54) is 19.3 Å². The zero-order chi connectivity index (χ0) is 11.4. The summed E-state index contributed by atoms with van der Waals surface area (Å²) in [5.74, 6) is 0.816. The second kappa shape index (κ2) is 5.03. The average molecular weight is 214 g/mol. The Balaban J connectivity index is 2.12. The number of nitrogens with zero attached hydrogens (tertiary/aromatic N) is 2. The van der Waals surface area contributed by atoms with Crippen LogP contribution in [0.5, 0.6) is 0 Å². The third-order valence-electron chi connectivity index (χ3n) is 3.35. The highest BCUT2D eigenvalue weighted by Crippen LogP contribution is 2.28. The second-order valence-corrected chi connectivity index (χ2v) is 4.52. The molecule has 0 bridgehead atoms. The van der Waals surface area contributed by atoms with Crippen molar-refractivity contribution in [2.24, 2.45) is 5.92 Å². The number of hydrogen-bond donors (Lipinski definition) is 0. The fourth-order valence-electron chi connectivity index (χ4n) is 2.54. The van der Waals surface area contributed by atoms with E-state index in [0.717, 1.165) is 30.3 Å². The van der Waals surface area contributed by atoms with Crippen LogP contribution in [-0.2, 0) is 0 Å². The van der Waals surface area contributed by atoms with Crippen molar-refractivity contribution in [1.29, 1.82) is 5.26 Å². The fourth-order valence-corrected chi connectivity index (χ4v) is 2.54. The zero-order valence-electron chi connectivity index (χ0n) is 9.82. The molecule has 1 saturated heterocycles. The first-order chi connectivity index (χ1) is 7.85. The van der Waals surface area contributed by atoms with E-state index in [9.17, 15) is 0 Å². The highest BCUT2D eigenvalue weighted by atomic mass is 15.2. The molecule has 0 spiro atoms. The topological polar surface area (TPSA) is 27.0 Å². The van der Waals surface area contributed by atoms with E-state index >= 15 is 0 Å². The van der Waals surface area contributed by atoms with E-state index < -0.39 is 0 Å². The molecule has 1 aliphatic rings. The first-order valence-corrected chi connectivity index (χ1v) is 6.09. The molecule has 2 heteroatoms. The summed E-state index contributed by atoms with van der Waals surface area (Å²) in [6.07, 6.45) is 3.84. The quantitative estimate of drug-likeness (QED) is 0.772. The summed E-state index contributed by atoms with van der Waals surface area (Å²) in [4.78, 5) is 2.36. The Morgan fingerprint density at radius 2 is 2.25 bits per heavy atom. The number of anilines is 1. The number of nitriles is 1. The minimum atomic E-state index is 0.805. The molecule has 1 unspecified atom stereocenters. The van der Waals surface area contributed by atoms with Crippen LogP contribution < -0.4 is 4.90 Å². The molecule has 1 heterocycles. The van der Waals surface area contributed by atoms with Gasteiger partial charge in [0, 0.05) is 13.1 Å². The van der Waals surface area contributed by atoms with Crippen molar-refractivity contribution < 1.29 is 0 Å². The lowest BCUT2D eigenvalue weighted by Gasteiger charge is -2.19. The molecule has 2 nitrogen and oxygen atoms in total. The Bertz CT molecular complexity index is 392. The summed E-state index contributed by atoms with van der Waals surface area (Å²) in [6, 6.07) is 10.2. The molecule has 1 aliphatic heterocycles. The van der Waals surface area contributed by atoms with Crippen molar-refractivity contribution in [3.05, 3.63) is 29.8 Å². The summed E-state index contributed by atoms with van der Waals surface area (Å²) in [5.41, 5.74) is 1.92. The van der Waals surface area contributed by atoms with Gasteiger partial charge in [-0.15, -0.1) is 0 Å². The van der Waals surface area contributed by atoms with Crippen LogP contribution in [0.15, 0.2) is 24.3 Å². The summed E-state index contributed by atoms with van der Waals surface area (Å²) >= 11 is 0. The third-order valence-corrected chi connectivity index (χ3v) is 3.35. The summed E-state index contributed by atoms with van der Waals surface area (Å²) < 4.78 is 0. The van der Waals surface area contributed by atoms with E-state index in [-0.39, 0.29) is 0 Å². The van der Waals surface area contributed by atoms with Crippen molar-refractivity contribution >= 4 is 5.69 Å². The molecule has 0 amide bonds. The molecule has 1 fully saturated rings. The van der Waals surface area contributed by atoms with Gasteiger partial charge in [-0.2, -0.15) is 5.26 Å². The van der Waals surface area contributed by atoms with Gasteiger partial charge in [0.1, 0.15) is 6.07 Å². The molecule has 2 rings (SSSR count). The molecule has 1 aromatic rings. The Morgan fingerprint density at radius 1 is 1.44 bits per heavy atom. The third kappa shape index (κ3) is 2.19. The van der Waals surface area contributed by atoms with Gasteiger partial charge >= 0.3 is 0 Å². The smallest absolute Gasteiger partial charge is 0.101 e. The Hall–Kier alpha value is -1.49. The fraction of sp³-hybridized carbons (Fsp3) is 0.500. The van der Waals surface area contributed by atoms with Crippen molar-refractivity contribution in [3.63, 3.8) is 0 Å². The molecule has 16 heavy (non-hydrogen) atoms. The van der Waals surface area contributed by atoms with Crippen LogP contribution in [-0.4, -0.2) is 13.1 Å². The maximum atomic E-state index is 9.07. The van der Waals surface area contributed by atoms with Gasteiger partial charge in [0.05, 0.1) is 11.3 Å². The molecule has 0 saturated carbocycles. The summed E-state index contributed by atoms with van der Waals surface area (Å²) in [6.45, 7) is 4.46. The molecular weight excluding hydrogens is 196 g/mol. The van der Waals surface area contributed by atoms with Gasteiger partial charge < -0.3 is 4.90 Å². The maximum absolute atomic E-state index is 9.07. The van der Waals surface area contributed by atoms with Crippen LogP contribution in [0.1, 0.15) is 31.7 Å². The van der Waals surface area contributed by atoms with E-state index in [4.69, 9.17) is 5.26 Å². The molecule has 1 aromatic carbocycles. The van der Waals surface area contributed by atoms with Crippen molar-refractivity contribution in [1.82, 2.24) is 0 Å². The zero-order valence-corrected chi connectivity index (χ0v) is 9.82. The standard InChI is InChI=1S/C14H18N2/c1-2-5-12-8-9-16(11-12)14-7-4-3-6-13(14)10-15/h3-4,6-7,12H,2,5,8-9,11H2,1H3. The minimum absolute atomic E-state index is 0.805. The van der Waals surface area contributed by atoms with Gasteiger partial charge in [0.15, 0.2) is 0 Å². The van der Waals surface area contributed by atoms with Crippen molar-refractivity contribution in [3.8, 4) is 6.07 Å². The van der Waals surface area contributed by atoms with Gasteiger partial charge in [-0.1, -0.05) is 25.5 Å². The van der Waals surface area contributed by atoms with Crippen molar-refractivity contribution in [2.75, 3.05) is 18.0 Å². The molecule has 1 atom stereocenters. The highest BCUT2D eigenvalue weighted by Gasteiger charge is 2.23. The normalized spacial score (nSPS) is 19.8. The highest BCUT2D eigenvalue weighted by molar-refractivity contribution is 5.59. The molecular formula is C14H18N2. The van der Waals surface area contributed by atoms with Crippen LogP contribution >= 0.6 is 0 Å². The minimum Gasteiger partial charge on any atom is -0.370 e. The number of rotatable bonds is 3. The molecule has 0 N–H and O–H groups in total. The predicted molar refractivity (Wildman–Crippen MR) is 66.4 cm³/mol. The first kappa shape index (κ1) is 11.0. The van der Waals surface area contributed by atoms with E-state index in [1.807, 2.05) is 18.2 Å². The largest absolute Gasteiger partial charge is 0.370 e. The van der Waals surface area contributed by atoms with Crippen LogP contribution in [0.3, 0.4) is 0 Å². The van der Waals surface area contributed by atoms with Crippen LogP contribution in [0, 0.1) is 17.2 Å². The van der Waals surface area contributed by atoms with Crippen LogP contribution in [0.2, 0.25) is 0 Å². The second-order valence-electron chi connectivity index (χ2n) is 4.52. The Kier molecular flexibility index (Phi) is 3.46. The van der Waals surface area contributed by atoms with Crippen LogP contribution in [0.4, 0.5) is 5.69 Å². The van der Waals surface area contributed by atoms with Gasteiger partial charge in [-0.25, -0.2) is 0 Å². The lowest BCUT2D eigenvalue weighted by molar-refractivity contribution is 0.530. The first-order valence-electron chi connectivity index (χ1n) is 6.09. The maximum Gasteiger partial charge on any atom is 0.101 e. The Labute approximate surface area is 97.5 Å². The SMILES string of the molecule is CCCC1CCN(c2ccccc2C#N)C1. The van der Waals surface area contributed by atoms with Gasteiger partial charge in [0.25, 0.3) is 0 Å². The Morgan fingerprint density at radius 3 is 3.00 bits per heavy atom. The van der Waals surface area contributed by atoms with Crippen LogP contribution in [0.25, 0.3) is 0 Å². The van der Waals surface area contributed by atoms with Crippen molar-refractivity contribution in [2.45, 2.75) is 26.2 Å². The molecule has 0 aliphatic carbocycles. The lowest BCUT2D eigenvalue weighted by atomic mass is 10.0. The molecule has 0 aromatic heterocycles. The number of para-hydroxylation sites is 1. The predicted octanol–water partition coefficient (Wildman–Crippen LogP) is 3.18. The summed E-state index contributed by atoms with van der Waals surface area (Å²) in [7, 11) is 0. The van der Waals surface area contributed by atoms with E-state index in [0.29, 0.717) is 0 Å². The van der Waals surface area contributed by atoms with E-state index in [1.54, 1.807) is 0 Å². The molecule has 84 valence electrons. The molecule has 0 radical (unpaired) electrons. The van der Waals surface area contributed by atoms with Gasteiger partial charge in [-0.05, 0) is 30.9 Å². The van der Waals surface area contributed by atoms with Gasteiger partial charge in [0.2, 0.25) is 0 Å². The van der Waals surface area contributed by atoms with Gasteiger partial charge in [-0.3, -0.25) is 0 Å². The average Bonchev–Trinajstić information content (AvgIpc) is 2.78. The summed E-state index contributed by atoms with van der Waals surface area (Å²) in [5, 5.41) is 9.07.